The lowest BCUT2D eigenvalue weighted by Gasteiger charge is -2.12. The van der Waals surface area contributed by atoms with Crippen molar-refractivity contribution in [3.05, 3.63) is 47.3 Å². The van der Waals surface area contributed by atoms with Gasteiger partial charge in [-0.3, -0.25) is 4.68 Å². The Kier molecular flexibility index (Phi) is 3.74. The summed E-state index contributed by atoms with van der Waals surface area (Å²) < 4.78 is 7.49. The Balaban J connectivity index is 1.76. The van der Waals surface area contributed by atoms with Crippen LogP contribution in [0.1, 0.15) is 29.7 Å². The van der Waals surface area contributed by atoms with Crippen LogP contribution < -0.4 is 10.1 Å². The second-order valence-electron chi connectivity index (χ2n) is 5.45. The Morgan fingerprint density at radius 2 is 2.20 bits per heavy atom. The fourth-order valence-electron chi connectivity index (χ4n) is 2.38. The van der Waals surface area contributed by atoms with Crippen molar-refractivity contribution in [1.82, 2.24) is 15.1 Å². The Hall–Kier alpha value is -1.81. The summed E-state index contributed by atoms with van der Waals surface area (Å²) in [7, 11) is 1.72. The summed E-state index contributed by atoms with van der Waals surface area (Å²) in [5.74, 6) is 0.923. The van der Waals surface area contributed by atoms with Gasteiger partial charge in [0.25, 0.3) is 0 Å². The first kappa shape index (κ1) is 13.2. The SMILES string of the molecule is COc1ccc(C)cc1Cn1nccc1CNC1CC1. The van der Waals surface area contributed by atoms with Crippen molar-refractivity contribution >= 4 is 0 Å². The Morgan fingerprint density at radius 1 is 1.35 bits per heavy atom. The topological polar surface area (TPSA) is 39.1 Å². The summed E-state index contributed by atoms with van der Waals surface area (Å²) in [5.41, 5.74) is 3.63. The molecule has 0 saturated heterocycles. The molecule has 1 aliphatic carbocycles. The number of ether oxygens (including phenoxy) is 1. The van der Waals surface area contributed by atoms with Gasteiger partial charge in [-0.25, -0.2) is 0 Å². The molecule has 0 amide bonds. The minimum Gasteiger partial charge on any atom is -0.496 e. The summed E-state index contributed by atoms with van der Waals surface area (Å²) in [5, 5.41) is 7.97. The molecule has 3 rings (SSSR count). The highest BCUT2D eigenvalue weighted by molar-refractivity contribution is 5.37. The van der Waals surface area contributed by atoms with Gasteiger partial charge in [-0.15, -0.1) is 0 Å². The van der Waals surface area contributed by atoms with E-state index in [1.165, 1.54) is 29.7 Å². The minimum absolute atomic E-state index is 0.715. The van der Waals surface area contributed by atoms with Crippen molar-refractivity contribution in [3.63, 3.8) is 0 Å². The molecule has 0 bridgehead atoms. The maximum Gasteiger partial charge on any atom is 0.123 e. The number of methoxy groups -OCH3 is 1. The zero-order valence-electron chi connectivity index (χ0n) is 12.1. The van der Waals surface area contributed by atoms with Crippen molar-refractivity contribution in [3.8, 4) is 5.75 Å². The zero-order valence-corrected chi connectivity index (χ0v) is 12.1. The van der Waals surface area contributed by atoms with Gasteiger partial charge in [0.05, 0.1) is 19.3 Å². The lowest BCUT2D eigenvalue weighted by molar-refractivity contribution is 0.406. The fourth-order valence-corrected chi connectivity index (χ4v) is 2.38. The number of nitrogens with one attached hydrogen (secondary N) is 1. The molecule has 4 heteroatoms. The van der Waals surface area contributed by atoms with E-state index in [0.717, 1.165) is 18.8 Å². The molecule has 1 aromatic carbocycles. The van der Waals surface area contributed by atoms with E-state index in [1.807, 2.05) is 16.9 Å². The van der Waals surface area contributed by atoms with Crippen molar-refractivity contribution in [2.45, 2.75) is 38.9 Å². The van der Waals surface area contributed by atoms with E-state index in [1.54, 1.807) is 7.11 Å². The van der Waals surface area contributed by atoms with Gasteiger partial charge in [0, 0.05) is 24.3 Å². The molecule has 1 fully saturated rings. The van der Waals surface area contributed by atoms with Gasteiger partial charge in [-0.1, -0.05) is 17.7 Å². The van der Waals surface area contributed by atoms with E-state index < -0.39 is 0 Å². The van der Waals surface area contributed by atoms with Gasteiger partial charge >= 0.3 is 0 Å². The molecule has 20 heavy (non-hydrogen) atoms. The molecule has 0 atom stereocenters. The van der Waals surface area contributed by atoms with Crippen LogP contribution in [0.15, 0.2) is 30.5 Å². The van der Waals surface area contributed by atoms with E-state index in [0.29, 0.717) is 6.04 Å². The van der Waals surface area contributed by atoms with E-state index in [4.69, 9.17) is 4.74 Å². The number of hydrogen-bond donors (Lipinski definition) is 1. The number of nitrogens with zero attached hydrogens (tertiary/aromatic N) is 2. The maximum atomic E-state index is 5.44. The van der Waals surface area contributed by atoms with Gasteiger partial charge in [0.2, 0.25) is 0 Å². The van der Waals surface area contributed by atoms with Crippen LogP contribution in [0.4, 0.5) is 0 Å². The van der Waals surface area contributed by atoms with Crippen LogP contribution in [0.3, 0.4) is 0 Å². The second-order valence-corrected chi connectivity index (χ2v) is 5.45. The van der Waals surface area contributed by atoms with Crippen LogP contribution in [-0.4, -0.2) is 22.9 Å². The lowest BCUT2D eigenvalue weighted by atomic mass is 10.1. The quantitative estimate of drug-likeness (QED) is 0.877. The first-order chi connectivity index (χ1) is 9.76. The summed E-state index contributed by atoms with van der Waals surface area (Å²) in [6.45, 7) is 3.74. The van der Waals surface area contributed by atoms with Crippen molar-refractivity contribution in [1.29, 1.82) is 0 Å². The van der Waals surface area contributed by atoms with Crippen LogP contribution in [0.2, 0.25) is 0 Å². The number of hydrogen-bond acceptors (Lipinski definition) is 3. The molecule has 1 saturated carbocycles. The van der Waals surface area contributed by atoms with Crippen LogP contribution in [-0.2, 0) is 13.1 Å². The van der Waals surface area contributed by atoms with E-state index in [9.17, 15) is 0 Å². The van der Waals surface area contributed by atoms with E-state index in [2.05, 4.69) is 35.5 Å². The van der Waals surface area contributed by atoms with Gasteiger partial charge < -0.3 is 10.1 Å². The molecular formula is C16H21N3O. The van der Waals surface area contributed by atoms with E-state index in [-0.39, 0.29) is 0 Å². The predicted octanol–water partition coefficient (Wildman–Crippen LogP) is 2.50. The maximum absolute atomic E-state index is 5.44. The lowest BCUT2D eigenvalue weighted by Crippen LogP contribution is -2.19. The molecule has 2 aromatic rings. The van der Waals surface area contributed by atoms with Gasteiger partial charge in [0.15, 0.2) is 0 Å². The van der Waals surface area contributed by atoms with E-state index >= 15 is 0 Å². The highest BCUT2D eigenvalue weighted by atomic mass is 16.5. The molecule has 1 heterocycles. The van der Waals surface area contributed by atoms with Crippen molar-refractivity contribution < 1.29 is 4.74 Å². The predicted molar refractivity (Wildman–Crippen MR) is 78.9 cm³/mol. The minimum atomic E-state index is 0.715. The Labute approximate surface area is 119 Å². The molecule has 0 unspecified atom stereocenters. The number of benzene rings is 1. The molecule has 4 nitrogen and oxygen atoms in total. The van der Waals surface area contributed by atoms with Crippen molar-refractivity contribution in [2.75, 3.05) is 7.11 Å². The molecule has 1 aliphatic rings. The highest BCUT2D eigenvalue weighted by Gasteiger charge is 2.20. The number of rotatable bonds is 6. The van der Waals surface area contributed by atoms with Crippen LogP contribution in [0.25, 0.3) is 0 Å². The molecule has 0 radical (unpaired) electrons. The molecule has 0 spiro atoms. The summed E-state index contributed by atoms with van der Waals surface area (Å²) in [6, 6.07) is 9.06. The first-order valence-electron chi connectivity index (χ1n) is 7.14. The van der Waals surface area contributed by atoms with Crippen LogP contribution >= 0.6 is 0 Å². The highest BCUT2D eigenvalue weighted by Crippen LogP contribution is 2.22. The monoisotopic (exact) mass is 271 g/mol. The van der Waals surface area contributed by atoms with Gasteiger partial charge in [-0.05, 0) is 31.9 Å². The molecule has 1 N–H and O–H groups in total. The van der Waals surface area contributed by atoms with Crippen molar-refractivity contribution in [2.24, 2.45) is 0 Å². The van der Waals surface area contributed by atoms with Crippen LogP contribution in [0.5, 0.6) is 5.75 Å². The first-order valence-corrected chi connectivity index (χ1v) is 7.14. The molecule has 0 aliphatic heterocycles. The Bertz CT molecular complexity index is 587. The van der Waals surface area contributed by atoms with Crippen LogP contribution in [0, 0.1) is 6.92 Å². The van der Waals surface area contributed by atoms with Gasteiger partial charge in [0.1, 0.15) is 5.75 Å². The average molecular weight is 271 g/mol. The third kappa shape index (κ3) is 3.02. The number of aromatic nitrogens is 2. The molecular weight excluding hydrogens is 250 g/mol. The summed E-state index contributed by atoms with van der Waals surface area (Å²) in [4.78, 5) is 0. The number of aryl methyl sites for hydroxylation is 1. The standard InChI is InChI=1S/C16H21N3O/c1-12-3-6-16(20-2)13(9-12)11-19-15(7-8-18-19)10-17-14-4-5-14/h3,6-9,14,17H,4-5,10-11H2,1-2H3. The van der Waals surface area contributed by atoms with Gasteiger partial charge in [-0.2, -0.15) is 5.10 Å². The fraction of sp³-hybridized carbons (Fsp3) is 0.438. The molecule has 106 valence electrons. The summed E-state index contributed by atoms with van der Waals surface area (Å²) in [6.07, 6.45) is 4.48. The smallest absolute Gasteiger partial charge is 0.123 e. The largest absolute Gasteiger partial charge is 0.496 e. The Morgan fingerprint density at radius 3 is 2.95 bits per heavy atom. The zero-order chi connectivity index (χ0) is 13.9. The third-order valence-corrected chi connectivity index (χ3v) is 3.71. The second kappa shape index (κ2) is 5.67. The molecule has 1 aromatic heterocycles. The average Bonchev–Trinajstić information content (AvgIpc) is 3.17. The normalized spacial score (nSPS) is 14.5. The third-order valence-electron chi connectivity index (χ3n) is 3.71. The summed E-state index contributed by atoms with van der Waals surface area (Å²) >= 11 is 0.